The van der Waals surface area contributed by atoms with E-state index in [1.165, 1.54) is 0 Å². The summed E-state index contributed by atoms with van der Waals surface area (Å²) < 4.78 is 26.6. The molecule has 0 bridgehead atoms. The molecule has 2 heterocycles. The summed E-state index contributed by atoms with van der Waals surface area (Å²) in [6.07, 6.45) is 3.34. The van der Waals surface area contributed by atoms with E-state index in [9.17, 15) is 13.6 Å². The van der Waals surface area contributed by atoms with E-state index in [2.05, 4.69) is 4.98 Å². The highest BCUT2D eigenvalue weighted by molar-refractivity contribution is 5.79. The van der Waals surface area contributed by atoms with Crippen LogP contribution in [0, 0.1) is 18.8 Å². The van der Waals surface area contributed by atoms with Crippen molar-refractivity contribution in [3.63, 3.8) is 0 Å². The van der Waals surface area contributed by atoms with Gasteiger partial charge in [0, 0.05) is 43.2 Å². The smallest absolute Gasteiger partial charge is 0.248 e. The summed E-state index contributed by atoms with van der Waals surface area (Å²) in [5.74, 6) is -2.27. The van der Waals surface area contributed by atoms with Crippen molar-refractivity contribution >= 4 is 5.91 Å². The lowest BCUT2D eigenvalue weighted by Crippen LogP contribution is -2.45. The van der Waals surface area contributed by atoms with Gasteiger partial charge < -0.3 is 4.90 Å². The van der Waals surface area contributed by atoms with E-state index in [-0.39, 0.29) is 24.7 Å². The maximum atomic E-state index is 13.3. The van der Waals surface area contributed by atoms with Crippen molar-refractivity contribution in [2.24, 2.45) is 11.8 Å². The average Bonchev–Trinajstić information content (AvgIpc) is 2.54. The highest BCUT2D eigenvalue weighted by Gasteiger charge is 2.39. The molecule has 2 fully saturated rings. The lowest BCUT2D eigenvalue weighted by Gasteiger charge is -2.37. The van der Waals surface area contributed by atoms with E-state index in [0.717, 1.165) is 43.7 Å². The number of hydrogen-bond acceptors (Lipinski definition) is 2. The summed E-state index contributed by atoms with van der Waals surface area (Å²) in [7, 11) is 0. The molecule has 1 amide bonds. The van der Waals surface area contributed by atoms with Gasteiger partial charge in [-0.05, 0) is 57.1 Å². The Balaban J connectivity index is 1.56. The van der Waals surface area contributed by atoms with E-state index in [0.29, 0.717) is 18.8 Å². The molecule has 1 saturated heterocycles. The number of nitrogens with zero attached hydrogens (tertiary/aromatic N) is 2. The number of likely N-dealkylation sites (tertiary alicyclic amines) is 1. The minimum Gasteiger partial charge on any atom is -0.342 e. The van der Waals surface area contributed by atoms with E-state index in [1.807, 2.05) is 30.0 Å². The molecule has 132 valence electrons. The zero-order valence-electron chi connectivity index (χ0n) is 14.3. The third-order valence-electron chi connectivity index (χ3n) is 5.34. The van der Waals surface area contributed by atoms with Gasteiger partial charge in [0.2, 0.25) is 11.8 Å². The average molecular weight is 336 g/mol. The Morgan fingerprint density at radius 1 is 1.29 bits per heavy atom. The summed E-state index contributed by atoms with van der Waals surface area (Å²) in [6.45, 7) is 3.49. The van der Waals surface area contributed by atoms with Gasteiger partial charge in [0.25, 0.3) is 0 Å². The summed E-state index contributed by atoms with van der Waals surface area (Å²) in [6, 6.07) is 6.04. The number of pyridine rings is 1. The Morgan fingerprint density at radius 2 is 2.04 bits per heavy atom. The Hall–Kier alpha value is -1.52. The van der Waals surface area contributed by atoms with E-state index < -0.39 is 5.92 Å². The van der Waals surface area contributed by atoms with E-state index >= 15 is 0 Å². The second kappa shape index (κ2) is 7.16. The van der Waals surface area contributed by atoms with Crippen molar-refractivity contribution in [2.45, 2.75) is 57.8 Å². The number of aromatic nitrogens is 1. The number of amides is 1. The Morgan fingerprint density at radius 3 is 2.75 bits per heavy atom. The molecule has 0 N–H and O–H groups in total. The van der Waals surface area contributed by atoms with Gasteiger partial charge in [-0.2, -0.15) is 0 Å². The van der Waals surface area contributed by atoms with Crippen LogP contribution in [0.4, 0.5) is 8.78 Å². The zero-order chi connectivity index (χ0) is 17.2. The third kappa shape index (κ3) is 4.31. The van der Waals surface area contributed by atoms with Crippen LogP contribution in [0.1, 0.15) is 49.9 Å². The molecule has 1 aromatic rings. The van der Waals surface area contributed by atoms with Crippen LogP contribution < -0.4 is 0 Å². The molecule has 1 aromatic heterocycles. The largest absolute Gasteiger partial charge is 0.342 e. The molecule has 1 saturated carbocycles. The fourth-order valence-corrected chi connectivity index (χ4v) is 3.99. The Labute approximate surface area is 142 Å². The predicted molar refractivity (Wildman–Crippen MR) is 88.9 cm³/mol. The highest BCUT2D eigenvalue weighted by atomic mass is 19.3. The van der Waals surface area contributed by atoms with Crippen LogP contribution in [0.25, 0.3) is 0 Å². The normalized spacial score (nSPS) is 24.8. The predicted octanol–water partition coefficient (Wildman–Crippen LogP) is 4.00. The fourth-order valence-electron chi connectivity index (χ4n) is 3.99. The number of carbonyl (C=O) groups excluding carboxylic acids is 1. The number of aryl methyl sites for hydroxylation is 1. The fraction of sp³-hybridized carbons (Fsp3) is 0.684. The van der Waals surface area contributed by atoms with Crippen LogP contribution in [0.3, 0.4) is 0 Å². The lowest BCUT2D eigenvalue weighted by molar-refractivity contribution is -0.141. The van der Waals surface area contributed by atoms with Crippen LogP contribution in [0.2, 0.25) is 0 Å². The third-order valence-corrected chi connectivity index (χ3v) is 5.34. The second-order valence-corrected chi connectivity index (χ2v) is 7.40. The SMILES string of the molecule is Cc1cccc(CC2CCCN(C(=O)C3CCC(F)(F)CC3)C2)n1. The number of hydrogen-bond donors (Lipinski definition) is 0. The van der Waals surface area contributed by atoms with Crippen molar-refractivity contribution in [3.8, 4) is 0 Å². The molecule has 1 unspecified atom stereocenters. The number of halogens is 2. The minimum atomic E-state index is -2.57. The van der Waals surface area contributed by atoms with Gasteiger partial charge in [0.15, 0.2) is 0 Å². The van der Waals surface area contributed by atoms with Crippen LogP contribution >= 0.6 is 0 Å². The minimum absolute atomic E-state index is 0.0902. The van der Waals surface area contributed by atoms with Crippen molar-refractivity contribution in [1.82, 2.24) is 9.88 Å². The second-order valence-electron chi connectivity index (χ2n) is 7.40. The van der Waals surface area contributed by atoms with Crippen LogP contribution in [0.5, 0.6) is 0 Å². The van der Waals surface area contributed by atoms with Crippen molar-refractivity contribution in [3.05, 3.63) is 29.6 Å². The van der Waals surface area contributed by atoms with E-state index in [1.54, 1.807) is 0 Å². The van der Waals surface area contributed by atoms with Crippen molar-refractivity contribution in [2.75, 3.05) is 13.1 Å². The molecule has 1 aliphatic heterocycles. The maximum Gasteiger partial charge on any atom is 0.248 e. The van der Waals surface area contributed by atoms with E-state index in [4.69, 9.17) is 0 Å². The summed E-state index contributed by atoms with van der Waals surface area (Å²) in [5, 5.41) is 0. The maximum absolute atomic E-state index is 13.3. The lowest BCUT2D eigenvalue weighted by atomic mass is 9.84. The van der Waals surface area contributed by atoms with Gasteiger partial charge in [-0.25, -0.2) is 8.78 Å². The molecule has 1 aliphatic carbocycles. The molecule has 0 radical (unpaired) electrons. The summed E-state index contributed by atoms with van der Waals surface area (Å²) in [4.78, 5) is 19.2. The first-order valence-corrected chi connectivity index (χ1v) is 9.02. The van der Waals surface area contributed by atoms with Crippen molar-refractivity contribution < 1.29 is 13.6 Å². The molecule has 2 aliphatic rings. The summed E-state index contributed by atoms with van der Waals surface area (Å²) >= 11 is 0. The van der Waals surface area contributed by atoms with Gasteiger partial charge in [-0.1, -0.05) is 6.07 Å². The van der Waals surface area contributed by atoms with Gasteiger partial charge in [0.1, 0.15) is 0 Å². The first-order valence-electron chi connectivity index (χ1n) is 9.02. The molecule has 0 spiro atoms. The first kappa shape index (κ1) is 17.3. The topological polar surface area (TPSA) is 33.2 Å². The Bertz CT molecular complexity index is 580. The molecular weight excluding hydrogens is 310 g/mol. The number of rotatable bonds is 3. The number of piperidine rings is 1. The standard InChI is InChI=1S/C19H26F2N2O/c1-14-4-2-6-17(22-14)12-15-5-3-11-23(13-15)18(24)16-7-9-19(20,21)10-8-16/h2,4,6,15-16H,3,5,7-13H2,1H3. The quantitative estimate of drug-likeness (QED) is 0.836. The first-order chi connectivity index (χ1) is 11.4. The molecular formula is C19H26F2N2O. The van der Waals surface area contributed by atoms with Gasteiger partial charge in [-0.15, -0.1) is 0 Å². The monoisotopic (exact) mass is 336 g/mol. The molecule has 5 heteroatoms. The molecule has 3 rings (SSSR count). The van der Waals surface area contributed by atoms with Crippen LogP contribution in [-0.2, 0) is 11.2 Å². The van der Waals surface area contributed by atoms with Gasteiger partial charge >= 0.3 is 0 Å². The van der Waals surface area contributed by atoms with Gasteiger partial charge in [0.05, 0.1) is 0 Å². The zero-order valence-corrected chi connectivity index (χ0v) is 14.3. The number of alkyl halides is 2. The highest BCUT2D eigenvalue weighted by Crippen LogP contribution is 2.37. The van der Waals surface area contributed by atoms with Crippen LogP contribution in [-0.4, -0.2) is 34.8 Å². The molecule has 3 nitrogen and oxygen atoms in total. The van der Waals surface area contributed by atoms with Crippen LogP contribution in [0.15, 0.2) is 18.2 Å². The Kier molecular flexibility index (Phi) is 5.16. The summed E-state index contributed by atoms with van der Waals surface area (Å²) in [5.41, 5.74) is 2.09. The molecule has 1 atom stereocenters. The molecule has 0 aromatic carbocycles. The van der Waals surface area contributed by atoms with Crippen molar-refractivity contribution in [1.29, 1.82) is 0 Å². The van der Waals surface area contributed by atoms with Gasteiger partial charge in [-0.3, -0.25) is 9.78 Å². The molecule has 24 heavy (non-hydrogen) atoms. The number of carbonyl (C=O) groups is 1.